The summed E-state index contributed by atoms with van der Waals surface area (Å²) < 4.78 is 27.2. The van der Waals surface area contributed by atoms with Gasteiger partial charge in [-0.1, -0.05) is 43.7 Å². The molecule has 7 heteroatoms. The lowest BCUT2D eigenvalue weighted by molar-refractivity contribution is -0.126. The normalized spacial score (nSPS) is 23.4. The molecule has 27 heavy (non-hydrogen) atoms. The molecule has 1 heterocycles. The van der Waals surface area contributed by atoms with E-state index in [0.29, 0.717) is 18.0 Å². The van der Waals surface area contributed by atoms with Gasteiger partial charge in [0.15, 0.2) is 0 Å². The van der Waals surface area contributed by atoms with Gasteiger partial charge in [-0.05, 0) is 49.9 Å². The Bertz CT molecular complexity index is 728. The van der Waals surface area contributed by atoms with Gasteiger partial charge in [-0.3, -0.25) is 4.79 Å². The van der Waals surface area contributed by atoms with Crippen LogP contribution in [0.25, 0.3) is 0 Å². The summed E-state index contributed by atoms with van der Waals surface area (Å²) >= 11 is 5.87. The number of amides is 1. The van der Waals surface area contributed by atoms with Crippen molar-refractivity contribution in [2.45, 2.75) is 68.7 Å². The Labute approximate surface area is 167 Å². The Morgan fingerprint density at radius 1 is 0.963 bits per heavy atom. The van der Waals surface area contributed by atoms with Crippen LogP contribution in [0.5, 0.6) is 0 Å². The topological polar surface area (TPSA) is 66.5 Å². The fraction of sp³-hybridized carbons (Fsp3) is 0.650. The zero-order valence-electron chi connectivity index (χ0n) is 15.7. The zero-order valence-corrected chi connectivity index (χ0v) is 17.3. The van der Waals surface area contributed by atoms with Crippen molar-refractivity contribution in [1.82, 2.24) is 9.62 Å². The van der Waals surface area contributed by atoms with Gasteiger partial charge in [0.1, 0.15) is 0 Å². The maximum absolute atomic E-state index is 12.9. The molecule has 1 aromatic rings. The van der Waals surface area contributed by atoms with Crippen LogP contribution in [0.3, 0.4) is 0 Å². The number of carbonyl (C=O) groups excluding carboxylic acids is 1. The first-order valence-electron chi connectivity index (χ1n) is 10.0. The summed E-state index contributed by atoms with van der Waals surface area (Å²) in [5.41, 5.74) is 0. The summed E-state index contributed by atoms with van der Waals surface area (Å²) in [6, 6.07) is 6.45. The van der Waals surface area contributed by atoms with Crippen LogP contribution in [0.1, 0.15) is 57.8 Å². The Kier molecular flexibility index (Phi) is 7.17. The van der Waals surface area contributed by atoms with Gasteiger partial charge < -0.3 is 5.32 Å². The highest BCUT2D eigenvalue weighted by atomic mass is 35.5. The molecule has 1 aliphatic heterocycles. The summed E-state index contributed by atoms with van der Waals surface area (Å²) in [7, 11) is -3.59. The Morgan fingerprint density at radius 3 is 2.26 bits per heavy atom. The van der Waals surface area contributed by atoms with E-state index in [2.05, 4.69) is 5.32 Å². The number of halogens is 1. The van der Waals surface area contributed by atoms with Crippen LogP contribution in [-0.2, 0) is 14.8 Å². The SMILES string of the molecule is O=C(NC1CCCCCCC1)[C@H]1CCCN(S(=O)(=O)c2ccc(Cl)cc2)C1. The molecule has 0 spiro atoms. The first-order chi connectivity index (χ1) is 13.0. The molecule has 1 amide bonds. The molecule has 1 atom stereocenters. The van der Waals surface area contributed by atoms with Crippen molar-refractivity contribution < 1.29 is 13.2 Å². The average molecular weight is 413 g/mol. The fourth-order valence-corrected chi connectivity index (χ4v) is 5.70. The molecule has 5 nitrogen and oxygen atoms in total. The average Bonchev–Trinajstić information content (AvgIpc) is 2.64. The van der Waals surface area contributed by atoms with Gasteiger partial charge in [0.25, 0.3) is 0 Å². The van der Waals surface area contributed by atoms with Crippen LogP contribution in [0.4, 0.5) is 0 Å². The number of piperidine rings is 1. The summed E-state index contributed by atoms with van der Waals surface area (Å²) in [6.45, 7) is 0.710. The largest absolute Gasteiger partial charge is 0.353 e. The monoisotopic (exact) mass is 412 g/mol. The van der Waals surface area contributed by atoms with Gasteiger partial charge in [0.2, 0.25) is 15.9 Å². The summed E-state index contributed by atoms with van der Waals surface area (Å²) in [4.78, 5) is 13.0. The second kappa shape index (κ2) is 9.39. The van der Waals surface area contributed by atoms with Crippen LogP contribution in [0.2, 0.25) is 5.02 Å². The van der Waals surface area contributed by atoms with E-state index in [1.54, 1.807) is 12.1 Å². The molecular formula is C20H29ClN2O3S. The molecule has 3 rings (SSSR count). The molecule has 0 unspecified atom stereocenters. The molecule has 1 aromatic carbocycles. The minimum absolute atomic E-state index is 0.0107. The smallest absolute Gasteiger partial charge is 0.243 e. The number of rotatable bonds is 4. The second-order valence-electron chi connectivity index (χ2n) is 7.71. The van der Waals surface area contributed by atoms with Crippen LogP contribution in [0.15, 0.2) is 29.2 Å². The maximum atomic E-state index is 12.9. The van der Waals surface area contributed by atoms with E-state index in [-0.39, 0.29) is 29.3 Å². The maximum Gasteiger partial charge on any atom is 0.243 e. The van der Waals surface area contributed by atoms with E-state index in [1.807, 2.05) is 0 Å². The number of nitrogens with one attached hydrogen (secondary N) is 1. The molecule has 1 aliphatic carbocycles. The first-order valence-corrected chi connectivity index (χ1v) is 11.8. The van der Waals surface area contributed by atoms with Crippen LogP contribution in [0, 0.1) is 5.92 Å². The Hall–Kier alpha value is -1.11. The standard InChI is InChI=1S/C20H29ClN2O3S/c21-17-10-12-19(13-11-17)27(25,26)23-14-6-7-16(15-23)20(24)22-18-8-4-2-1-3-5-9-18/h10-13,16,18H,1-9,14-15H2,(H,22,24)/t16-/m0/s1. The van der Waals surface area contributed by atoms with Crippen molar-refractivity contribution in [3.8, 4) is 0 Å². The highest BCUT2D eigenvalue weighted by Gasteiger charge is 2.33. The molecule has 2 aliphatic rings. The van der Waals surface area contributed by atoms with E-state index in [0.717, 1.165) is 32.1 Å². The molecule has 150 valence electrons. The van der Waals surface area contributed by atoms with Gasteiger partial charge in [-0.15, -0.1) is 0 Å². The lowest BCUT2D eigenvalue weighted by Gasteiger charge is -2.32. The third-order valence-electron chi connectivity index (χ3n) is 5.66. The number of carbonyl (C=O) groups is 1. The third-order valence-corrected chi connectivity index (χ3v) is 7.79. The minimum Gasteiger partial charge on any atom is -0.353 e. The van der Waals surface area contributed by atoms with E-state index in [4.69, 9.17) is 11.6 Å². The highest BCUT2D eigenvalue weighted by Crippen LogP contribution is 2.25. The van der Waals surface area contributed by atoms with Crippen molar-refractivity contribution in [2.24, 2.45) is 5.92 Å². The molecule has 2 fully saturated rings. The number of hydrogen-bond donors (Lipinski definition) is 1. The van der Waals surface area contributed by atoms with E-state index in [1.165, 1.54) is 35.7 Å². The van der Waals surface area contributed by atoms with Gasteiger partial charge >= 0.3 is 0 Å². The van der Waals surface area contributed by atoms with Crippen molar-refractivity contribution in [2.75, 3.05) is 13.1 Å². The lowest BCUT2D eigenvalue weighted by Crippen LogP contribution is -2.47. The number of benzene rings is 1. The molecule has 1 N–H and O–H groups in total. The number of sulfonamides is 1. The van der Waals surface area contributed by atoms with Crippen molar-refractivity contribution in [3.05, 3.63) is 29.3 Å². The number of hydrogen-bond acceptors (Lipinski definition) is 3. The van der Waals surface area contributed by atoms with Crippen molar-refractivity contribution >= 4 is 27.5 Å². The zero-order chi connectivity index (χ0) is 19.3. The van der Waals surface area contributed by atoms with E-state index >= 15 is 0 Å². The first kappa shape index (κ1) is 20.6. The summed E-state index contributed by atoms with van der Waals surface area (Å²) in [6.07, 6.45) is 9.60. The lowest BCUT2D eigenvalue weighted by atomic mass is 9.94. The third kappa shape index (κ3) is 5.46. The molecule has 1 saturated heterocycles. The van der Waals surface area contributed by atoms with Crippen LogP contribution >= 0.6 is 11.6 Å². The molecule has 1 saturated carbocycles. The fourth-order valence-electron chi connectivity index (χ4n) is 4.05. The highest BCUT2D eigenvalue weighted by molar-refractivity contribution is 7.89. The van der Waals surface area contributed by atoms with Crippen LogP contribution in [-0.4, -0.2) is 37.8 Å². The Balaban J connectivity index is 1.62. The minimum atomic E-state index is -3.59. The van der Waals surface area contributed by atoms with Crippen LogP contribution < -0.4 is 5.32 Å². The predicted molar refractivity (Wildman–Crippen MR) is 107 cm³/mol. The molecular weight excluding hydrogens is 384 g/mol. The van der Waals surface area contributed by atoms with Gasteiger partial charge in [0, 0.05) is 24.2 Å². The molecule has 0 radical (unpaired) electrons. The quantitative estimate of drug-likeness (QED) is 0.813. The number of nitrogens with zero attached hydrogens (tertiary/aromatic N) is 1. The van der Waals surface area contributed by atoms with Gasteiger partial charge in [-0.2, -0.15) is 4.31 Å². The van der Waals surface area contributed by atoms with Crippen molar-refractivity contribution in [1.29, 1.82) is 0 Å². The van der Waals surface area contributed by atoms with E-state index < -0.39 is 10.0 Å². The predicted octanol–water partition coefficient (Wildman–Crippen LogP) is 3.97. The van der Waals surface area contributed by atoms with Gasteiger partial charge in [-0.25, -0.2) is 8.42 Å². The molecule has 0 aromatic heterocycles. The van der Waals surface area contributed by atoms with Gasteiger partial charge in [0.05, 0.1) is 10.8 Å². The summed E-state index contributed by atoms with van der Waals surface area (Å²) in [5.74, 6) is -0.261. The van der Waals surface area contributed by atoms with Crippen molar-refractivity contribution in [3.63, 3.8) is 0 Å². The Morgan fingerprint density at radius 2 is 1.59 bits per heavy atom. The molecule has 0 bridgehead atoms. The van der Waals surface area contributed by atoms with E-state index in [9.17, 15) is 13.2 Å². The summed E-state index contributed by atoms with van der Waals surface area (Å²) in [5, 5.41) is 3.70. The second-order valence-corrected chi connectivity index (χ2v) is 10.1.